The summed E-state index contributed by atoms with van der Waals surface area (Å²) in [5.74, 6) is -0.501. The van der Waals surface area contributed by atoms with Crippen molar-refractivity contribution in [1.29, 1.82) is 0 Å². The summed E-state index contributed by atoms with van der Waals surface area (Å²) in [4.78, 5) is 10.4. The topological polar surface area (TPSA) is 52.3 Å². The van der Waals surface area contributed by atoms with Crippen LogP contribution in [0.25, 0.3) is 0 Å². The third kappa shape index (κ3) is 3.12. The number of aldehydes is 1. The van der Waals surface area contributed by atoms with E-state index in [2.05, 4.69) is 20.7 Å². The van der Waals surface area contributed by atoms with E-state index < -0.39 is 12.1 Å². The molecule has 0 saturated carbocycles. The van der Waals surface area contributed by atoms with Crippen LogP contribution >= 0.6 is 15.9 Å². The van der Waals surface area contributed by atoms with E-state index in [9.17, 15) is 18.0 Å². The van der Waals surface area contributed by atoms with Crippen LogP contribution in [0.5, 0.6) is 5.75 Å². The summed E-state index contributed by atoms with van der Waals surface area (Å²) in [7, 11) is 0. The maximum atomic E-state index is 11.9. The number of hydrogen-bond donors (Lipinski definition) is 1. The van der Waals surface area contributed by atoms with Crippen LogP contribution in [0.1, 0.15) is 10.4 Å². The van der Waals surface area contributed by atoms with E-state index in [0.717, 1.165) is 6.07 Å². The molecule has 82 valence electrons. The predicted molar refractivity (Wildman–Crippen MR) is 50.6 cm³/mol. The van der Waals surface area contributed by atoms with Crippen molar-refractivity contribution in [2.75, 3.05) is 5.73 Å². The number of anilines is 1. The molecule has 0 heterocycles. The number of rotatable bonds is 2. The van der Waals surface area contributed by atoms with E-state index in [0.29, 0.717) is 6.29 Å². The van der Waals surface area contributed by atoms with Crippen molar-refractivity contribution in [3.05, 3.63) is 22.2 Å². The number of carbonyl (C=O) groups is 1. The van der Waals surface area contributed by atoms with Crippen LogP contribution in [0.3, 0.4) is 0 Å². The molecule has 3 nitrogen and oxygen atoms in total. The maximum absolute atomic E-state index is 11.9. The van der Waals surface area contributed by atoms with Crippen LogP contribution in [0.4, 0.5) is 18.9 Å². The summed E-state index contributed by atoms with van der Waals surface area (Å²) in [5, 5.41) is 0. The molecule has 15 heavy (non-hydrogen) atoms. The first kappa shape index (κ1) is 11.8. The Kier molecular flexibility index (Phi) is 3.23. The number of halogens is 4. The molecule has 0 spiro atoms. The maximum Gasteiger partial charge on any atom is 0.573 e. The molecular weight excluding hydrogens is 279 g/mol. The number of hydrogen-bond acceptors (Lipinski definition) is 3. The minimum atomic E-state index is -4.81. The molecule has 7 heteroatoms. The minimum absolute atomic E-state index is 0.0305. The van der Waals surface area contributed by atoms with Crippen molar-refractivity contribution in [3.8, 4) is 5.75 Å². The van der Waals surface area contributed by atoms with Gasteiger partial charge in [-0.05, 0) is 28.1 Å². The second-order valence-corrected chi connectivity index (χ2v) is 3.43. The number of nitrogen functional groups attached to an aromatic ring is 1. The zero-order valence-corrected chi connectivity index (χ0v) is 8.72. The summed E-state index contributed by atoms with van der Waals surface area (Å²) >= 11 is 2.84. The molecular formula is C8H5BrF3NO2. The highest BCUT2D eigenvalue weighted by Crippen LogP contribution is 2.33. The van der Waals surface area contributed by atoms with Gasteiger partial charge < -0.3 is 10.5 Å². The molecule has 2 N–H and O–H groups in total. The van der Waals surface area contributed by atoms with Gasteiger partial charge in [-0.3, -0.25) is 4.79 Å². The molecule has 1 aromatic rings. The average Bonchev–Trinajstić information content (AvgIpc) is 2.07. The second kappa shape index (κ2) is 4.09. The smallest absolute Gasteiger partial charge is 0.405 e. The fourth-order valence-electron chi connectivity index (χ4n) is 0.889. The molecule has 0 radical (unpaired) electrons. The lowest BCUT2D eigenvalue weighted by Gasteiger charge is -2.11. The van der Waals surface area contributed by atoms with Crippen molar-refractivity contribution < 1.29 is 22.7 Å². The van der Waals surface area contributed by atoms with E-state index in [1.165, 1.54) is 6.07 Å². The molecule has 0 aromatic heterocycles. The van der Waals surface area contributed by atoms with Gasteiger partial charge in [0.05, 0.1) is 4.47 Å². The number of benzene rings is 1. The van der Waals surface area contributed by atoms with Crippen LogP contribution in [-0.4, -0.2) is 12.6 Å². The van der Waals surface area contributed by atoms with Gasteiger partial charge in [-0.2, -0.15) is 0 Å². The minimum Gasteiger partial charge on any atom is -0.405 e. The molecule has 0 saturated heterocycles. The largest absolute Gasteiger partial charge is 0.573 e. The molecule has 0 aliphatic heterocycles. The van der Waals surface area contributed by atoms with Gasteiger partial charge >= 0.3 is 6.36 Å². The molecule has 0 atom stereocenters. The van der Waals surface area contributed by atoms with E-state index in [4.69, 9.17) is 5.73 Å². The first-order valence-corrected chi connectivity index (χ1v) is 4.42. The Morgan fingerprint density at radius 3 is 2.47 bits per heavy atom. The van der Waals surface area contributed by atoms with E-state index in [1.54, 1.807) is 0 Å². The monoisotopic (exact) mass is 283 g/mol. The first-order valence-electron chi connectivity index (χ1n) is 3.63. The van der Waals surface area contributed by atoms with Gasteiger partial charge in [0.25, 0.3) is 0 Å². The quantitative estimate of drug-likeness (QED) is 0.671. The Hall–Kier alpha value is -1.24. The molecule has 0 fully saturated rings. The van der Waals surface area contributed by atoms with Crippen molar-refractivity contribution in [2.45, 2.75) is 6.36 Å². The van der Waals surface area contributed by atoms with Crippen LogP contribution < -0.4 is 10.5 Å². The highest BCUT2D eigenvalue weighted by Gasteiger charge is 2.32. The highest BCUT2D eigenvalue weighted by atomic mass is 79.9. The fourth-order valence-corrected chi connectivity index (χ4v) is 1.33. The summed E-state index contributed by atoms with van der Waals surface area (Å²) in [5.41, 5.74) is 5.38. The summed E-state index contributed by atoms with van der Waals surface area (Å²) in [6, 6.07) is 2.09. The third-order valence-corrected chi connectivity index (χ3v) is 2.11. The van der Waals surface area contributed by atoms with Crippen molar-refractivity contribution in [1.82, 2.24) is 0 Å². The van der Waals surface area contributed by atoms with E-state index in [1.807, 2.05) is 0 Å². The third-order valence-electron chi connectivity index (χ3n) is 1.49. The molecule has 1 rings (SSSR count). The van der Waals surface area contributed by atoms with Gasteiger partial charge in [-0.15, -0.1) is 13.2 Å². The van der Waals surface area contributed by atoms with Crippen LogP contribution in [0, 0.1) is 0 Å². The first-order chi connectivity index (χ1) is 6.83. The van der Waals surface area contributed by atoms with Crippen LogP contribution in [0.2, 0.25) is 0 Å². The fraction of sp³-hybridized carbons (Fsp3) is 0.125. The molecule has 0 aliphatic rings. The zero-order chi connectivity index (χ0) is 11.6. The van der Waals surface area contributed by atoms with Crippen LogP contribution in [0.15, 0.2) is 16.6 Å². The van der Waals surface area contributed by atoms with Gasteiger partial charge in [0, 0.05) is 11.3 Å². The number of ether oxygens (including phenoxy) is 1. The number of carbonyl (C=O) groups excluding carboxylic acids is 1. The number of alkyl halides is 3. The Bertz CT molecular complexity index is 392. The van der Waals surface area contributed by atoms with Gasteiger partial charge in [-0.1, -0.05) is 0 Å². The second-order valence-electron chi connectivity index (χ2n) is 2.58. The molecule has 0 bridgehead atoms. The van der Waals surface area contributed by atoms with Gasteiger partial charge in [0.15, 0.2) is 6.29 Å². The lowest BCUT2D eigenvalue weighted by Crippen LogP contribution is -2.17. The molecule has 0 aliphatic carbocycles. The average molecular weight is 284 g/mol. The van der Waals surface area contributed by atoms with Crippen molar-refractivity contribution in [3.63, 3.8) is 0 Å². The Morgan fingerprint density at radius 1 is 1.40 bits per heavy atom. The zero-order valence-electron chi connectivity index (χ0n) is 7.14. The van der Waals surface area contributed by atoms with Crippen molar-refractivity contribution >= 4 is 27.9 Å². The lowest BCUT2D eigenvalue weighted by atomic mass is 10.2. The Morgan fingerprint density at radius 2 is 2.00 bits per heavy atom. The molecule has 1 aromatic carbocycles. The van der Waals surface area contributed by atoms with E-state index >= 15 is 0 Å². The van der Waals surface area contributed by atoms with Gasteiger partial charge in [0.1, 0.15) is 5.75 Å². The van der Waals surface area contributed by atoms with Gasteiger partial charge in [0.2, 0.25) is 0 Å². The van der Waals surface area contributed by atoms with Gasteiger partial charge in [-0.25, -0.2) is 0 Å². The van der Waals surface area contributed by atoms with E-state index in [-0.39, 0.29) is 15.7 Å². The number of nitrogens with two attached hydrogens (primary N) is 1. The normalized spacial score (nSPS) is 11.2. The van der Waals surface area contributed by atoms with Crippen LogP contribution in [-0.2, 0) is 0 Å². The Labute approximate surface area is 91.1 Å². The SMILES string of the molecule is Nc1cc(Br)c(OC(F)(F)F)cc1C=O. The molecule has 0 unspecified atom stereocenters. The predicted octanol–water partition coefficient (Wildman–Crippen LogP) is 2.74. The Balaban J connectivity index is 3.13. The summed E-state index contributed by atoms with van der Waals surface area (Å²) in [6.07, 6.45) is -4.45. The lowest BCUT2D eigenvalue weighted by molar-refractivity contribution is -0.274. The van der Waals surface area contributed by atoms with Crippen molar-refractivity contribution in [2.24, 2.45) is 0 Å². The molecule has 0 amide bonds. The standard InChI is InChI=1S/C8H5BrF3NO2/c9-5-2-6(13)4(3-14)1-7(5)15-8(10,11)12/h1-3H,13H2. The summed E-state index contributed by atoms with van der Waals surface area (Å²) in [6.45, 7) is 0. The highest BCUT2D eigenvalue weighted by molar-refractivity contribution is 9.10. The summed E-state index contributed by atoms with van der Waals surface area (Å²) < 4.78 is 39.4.